The maximum Gasteiger partial charge on any atom is 0.239 e. The molecule has 1 aromatic heterocycles. The van der Waals surface area contributed by atoms with Gasteiger partial charge in [-0.05, 0) is 18.6 Å². The molecule has 3 unspecified atom stereocenters. The van der Waals surface area contributed by atoms with Crippen molar-refractivity contribution in [3.05, 3.63) is 21.3 Å². The molecule has 5 nitrogen and oxygen atoms in total. The lowest BCUT2D eigenvalue weighted by molar-refractivity contribution is -0.134. The number of amides is 1. The number of carbonyl (C=O) groups excluding carboxylic acids is 1. The number of carbonyl (C=O) groups is 1. The Morgan fingerprint density at radius 1 is 1.67 bits per heavy atom. The van der Waals surface area contributed by atoms with Crippen molar-refractivity contribution < 1.29 is 9.53 Å². The van der Waals surface area contributed by atoms with E-state index >= 15 is 0 Å². The Bertz CT molecular complexity index is 483. The van der Waals surface area contributed by atoms with Crippen LogP contribution in [0.15, 0.2) is 12.1 Å². The van der Waals surface area contributed by atoms with E-state index in [0.717, 1.165) is 15.6 Å². The van der Waals surface area contributed by atoms with Gasteiger partial charge in [0.1, 0.15) is 6.04 Å². The van der Waals surface area contributed by atoms with Crippen LogP contribution in [0.5, 0.6) is 0 Å². The summed E-state index contributed by atoms with van der Waals surface area (Å²) in [6, 6.07) is 3.51. The Morgan fingerprint density at radius 3 is 3.00 bits per heavy atom. The lowest BCUT2D eigenvalue weighted by Gasteiger charge is -2.41. The number of rotatable bonds is 5. The van der Waals surface area contributed by atoms with Crippen molar-refractivity contribution in [1.82, 2.24) is 10.2 Å². The van der Waals surface area contributed by atoms with Gasteiger partial charge in [0.05, 0.1) is 23.6 Å². The van der Waals surface area contributed by atoms with Crippen LogP contribution >= 0.6 is 22.9 Å². The van der Waals surface area contributed by atoms with E-state index in [9.17, 15) is 4.79 Å². The quantitative estimate of drug-likeness (QED) is 0.860. The normalized spacial score (nSPS) is 22.8. The van der Waals surface area contributed by atoms with Crippen molar-refractivity contribution in [3.63, 3.8) is 0 Å². The first kappa shape index (κ1) is 16.7. The summed E-state index contributed by atoms with van der Waals surface area (Å²) in [4.78, 5) is 15.4. The highest BCUT2D eigenvalue weighted by atomic mass is 35.5. The zero-order valence-corrected chi connectivity index (χ0v) is 13.9. The van der Waals surface area contributed by atoms with Gasteiger partial charge in [0.15, 0.2) is 0 Å². The summed E-state index contributed by atoms with van der Waals surface area (Å²) < 4.78 is 6.21. The molecule has 3 N–H and O–H groups in total. The van der Waals surface area contributed by atoms with Crippen LogP contribution in [-0.2, 0) is 9.53 Å². The fourth-order valence-corrected chi connectivity index (χ4v) is 3.93. The monoisotopic (exact) mass is 331 g/mol. The zero-order valence-electron chi connectivity index (χ0n) is 12.3. The van der Waals surface area contributed by atoms with Gasteiger partial charge < -0.3 is 15.8 Å². The molecule has 0 aromatic carbocycles. The van der Waals surface area contributed by atoms with Gasteiger partial charge in [0.25, 0.3) is 0 Å². The third-order valence-electron chi connectivity index (χ3n) is 3.84. The predicted molar refractivity (Wildman–Crippen MR) is 85.7 cm³/mol. The van der Waals surface area contributed by atoms with Gasteiger partial charge >= 0.3 is 0 Å². The largest absolute Gasteiger partial charge is 0.378 e. The van der Waals surface area contributed by atoms with Gasteiger partial charge in [-0.1, -0.05) is 18.5 Å². The van der Waals surface area contributed by atoms with Crippen molar-refractivity contribution in [2.45, 2.75) is 31.5 Å². The average Bonchev–Trinajstić information content (AvgIpc) is 2.93. The lowest BCUT2D eigenvalue weighted by atomic mass is 10.00. The van der Waals surface area contributed by atoms with Crippen LogP contribution < -0.4 is 11.1 Å². The van der Waals surface area contributed by atoms with Crippen LogP contribution in [0, 0.1) is 0 Å². The van der Waals surface area contributed by atoms with Crippen LogP contribution in [0.3, 0.4) is 0 Å². The van der Waals surface area contributed by atoms with Crippen LogP contribution in [0.2, 0.25) is 4.34 Å². The molecule has 0 aliphatic carbocycles. The molecule has 1 aliphatic rings. The molecule has 2 rings (SSSR count). The Balaban J connectivity index is 2.31. The number of nitrogens with two attached hydrogens (primary N) is 1. The van der Waals surface area contributed by atoms with Crippen molar-refractivity contribution >= 4 is 28.8 Å². The third kappa shape index (κ3) is 3.76. The van der Waals surface area contributed by atoms with E-state index in [-0.39, 0.29) is 24.0 Å². The van der Waals surface area contributed by atoms with Gasteiger partial charge in [-0.25, -0.2) is 0 Å². The number of thiophene rings is 1. The van der Waals surface area contributed by atoms with E-state index in [1.807, 2.05) is 12.1 Å². The highest BCUT2D eigenvalue weighted by molar-refractivity contribution is 7.16. The van der Waals surface area contributed by atoms with Crippen molar-refractivity contribution in [3.8, 4) is 0 Å². The molecular formula is C14H22ClN3O2S. The van der Waals surface area contributed by atoms with Crippen molar-refractivity contribution in [2.24, 2.45) is 5.73 Å². The molecule has 1 fully saturated rings. The minimum Gasteiger partial charge on any atom is -0.378 e. The molecule has 1 saturated heterocycles. The van der Waals surface area contributed by atoms with Crippen LogP contribution in [0.4, 0.5) is 0 Å². The smallest absolute Gasteiger partial charge is 0.239 e. The first-order valence-corrected chi connectivity index (χ1v) is 8.33. The summed E-state index contributed by atoms with van der Waals surface area (Å²) >= 11 is 7.60. The number of hydrogen-bond donors (Lipinski definition) is 2. The molecule has 1 aliphatic heterocycles. The van der Waals surface area contributed by atoms with Gasteiger partial charge in [0, 0.05) is 24.5 Å². The summed E-state index contributed by atoms with van der Waals surface area (Å²) in [6.45, 7) is 3.75. The van der Waals surface area contributed by atoms with Gasteiger partial charge in [-0.2, -0.15) is 0 Å². The SMILES string of the molecule is CCC(N)C(c1ccc(Cl)s1)N1CCOCC1C(=O)NC. The van der Waals surface area contributed by atoms with Crippen LogP contribution in [0.25, 0.3) is 0 Å². The lowest BCUT2D eigenvalue weighted by Crippen LogP contribution is -2.57. The number of halogens is 1. The van der Waals surface area contributed by atoms with Gasteiger partial charge in [-0.15, -0.1) is 11.3 Å². The topological polar surface area (TPSA) is 67.6 Å². The summed E-state index contributed by atoms with van der Waals surface area (Å²) in [5, 5.41) is 2.71. The zero-order chi connectivity index (χ0) is 15.4. The summed E-state index contributed by atoms with van der Waals surface area (Å²) in [7, 11) is 1.64. The van der Waals surface area contributed by atoms with Crippen molar-refractivity contribution in [2.75, 3.05) is 26.8 Å². The molecule has 0 saturated carbocycles. The molecule has 0 spiro atoms. The second kappa shape index (κ2) is 7.56. The highest BCUT2D eigenvalue weighted by Crippen LogP contribution is 2.35. The van der Waals surface area contributed by atoms with E-state index in [4.69, 9.17) is 22.1 Å². The second-order valence-electron chi connectivity index (χ2n) is 5.10. The van der Waals surface area contributed by atoms with Gasteiger partial charge in [-0.3, -0.25) is 9.69 Å². The Kier molecular flexibility index (Phi) is 6.01. The van der Waals surface area contributed by atoms with Crippen molar-refractivity contribution in [1.29, 1.82) is 0 Å². The van der Waals surface area contributed by atoms with Crippen LogP contribution in [-0.4, -0.2) is 49.7 Å². The number of likely N-dealkylation sites (N-methyl/N-ethyl adjacent to an activating group) is 1. The molecule has 21 heavy (non-hydrogen) atoms. The average molecular weight is 332 g/mol. The number of morpholine rings is 1. The molecule has 3 atom stereocenters. The molecule has 2 heterocycles. The molecule has 7 heteroatoms. The molecule has 118 valence electrons. The van der Waals surface area contributed by atoms with Gasteiger partial charge in [0.2, 0.25) is 5.91 Å². The number of ether oxygens (including phenoxy) is 1. The fraction of sp³-hybridized carbons (Fsp3) is 0.643. The van der Waals surface area contributed by atoms with E-state index in [0.29, 0.717) is 19.8 Å². The Hall–Kier alpha value is -0.660. The summed E-state index contributed by atoms with van der Waals surface area (Å²) in [5.41, 5.74) is 6.34. The molecule has 1 aromatic rings. The summed E-state index contributed by atoms with van der Waals surface area (Å²) in [6.07, 6.45) is 0.831. The maximum absolute atomic E-state index is 12.1. The highest BCUT2D eigenvalue weighted by Gasteiger charge is 2.37. The number of nitrogens with one attached hydrogen (secondary N) is 1. The fourth-order valence-electron chi connectivity index (χ4n) is 2.67. The van der Waals surface area contributed by atoms with E-state index < -0.39 is 0 Å². The van der Waals surface area contributed by atoms with E-state index in [1.165, 1.54) is 11.3 Å². The minimum atomic E-state index is -0.313. The predicted octanol–water partition coefficient (Wildman–Crippen LogP) is 1.63. The third-order valence-corrected chi connectivity index (χ3v) is 5.14. The number of hydrogen-bond acceptors (Lipinski definition) is 5. The first-order chi connectivity index (χ1) is 10.1. The number of nitrogens with zero attached hydrogens (tertiary/aromatic N) is 1. The maximum atomic E-state index is 12.1. The molecular weight excluding hydrogens is 310 g/mol. The summed E-state index contributed by atoms with van der Waals surface area (Å²) in [5.74, 6) is -0.0364. The Morgan fingerprint density at radius 2 is 2.43 bits per heavy atom. The standard InChI is InChI=1S/C14H22ClN3O2S/c1-3-9(16)13(11-4-5-12(15)21-11)18-6-7-20-8-10(18)14(19)17-2/h4-5,9-10,13H,3,6-8,16H2,1-2H3,(H,17,19). The molecule has 1 amide bonds. The first-order valence-electron chi connectivity index (χ1n) is 7.14. The Labute approximate surface area is 134 Å². The van der Waals surface area contributed by atoms with E-state index in [2.05, 4.69) is 17.1 Å². The molecule has 0 bridgehead atoms. The van der Waals surface area contributed by atoms with Crippen LogP contribution in [0.1, 0.15) is 24.3 Å². The van der Waals surface area contributed by atoms with E-state index in [1.54, 1.807) is 7.05 Å². The minimum absolute atomic E-state index is 0.0151. The molecule has 0 radical (unpaired) electrons. The second-order valence-corrected chi connectivity index (χ2v) is 6.85.